The second-order valence-corrected chi connectivity index (χ2v) is 15.1. The summed E-state index contributed by atoms with van der Waals surface area (Å²) < 4.78 is 6.78. The van der Waals surface area contributed by atoms with Gasteiger partial charge in [-0.2, -0.15) is 10.4 Å². The molecule has 0 aliphatic carbocycles. The fourth-order valence-electron chi connectivity index (χ4n) is 6.58. The Hall–Kier alpha value is -6.61. The summed E-state index contributed by atoms with van der Waals surface area (Å²) in [6.07, 6.45) is 10.7. The molecule has 8 rings (SSSR count). The molecule has 3 heterocycles. The van der Waals surface area contributed by atoms with Crippen molar-refractivity contribution in [2.75, 3.05) is 5.32 Å². The number of nitriles is 1. The van der Waals surface area contributed by atoms with Gasteiger partial charge in [0.15, 0.2) is 0 Å². The summed E-state index contributed by atoms with van der Waals surface area (Å²) >= 11 is 18.2. The maximum atomic E-state index is 11.7. The van der Waals surface area contributed by atoms with Crippen LogP contribution in [0.5, 0.6) is 0 Å². The van der Waals surface area contributed by atoms with Crippen molar-refractivity contribution in [2.45, 2.75) is 37.3 Å². The predicted molar refractivity (Wildman–Crippen MR) is 238 cm³/mol. The van der Waals surface area contributed by atoms with Gasteiger partial charge in [0, 0.05) is 44.3 Å². The van der Waals surface area contributed by atoms with E-state index < -0.39 is 11.0 Å². The van der Waals surface area contributed by atoms with Crippen LogP contribution in [0.15, 0.2) is 182 Å². The third-order valence-corrected chi connectivity index (χ3v) is 10.7. The highest BCUT2D eigenvalue weighted by atomic mass is 35.5. The number of anilines is 1. The molecular weight excluding hydrogens is 829 g/mol. The van der Waals surface area contributed by atoms with Gasteiger partial charge in [0.1, 0.15) is 35.8 Å². The first kappa shape index (κ1) is 44.0. The van der Waals surface area contributed by atoms with Crippen LogP contribution in [-0.2, 0) is 24.0 Å². The maximum absolute atomic E-state index is 11.7. The van der Waals surface area contributed by atoms with Gasteiger partial charge in [-0.1, -0.05) is 126 Å². The fraction of sp³-hybridized carbons (Fsp3) is 0.125. The summed E-state index contributed by atoms with van der Waals surface area (Å²) in [5.74, 6) is 0.482. The molecule has 0 radical (unpaired) electrons. The molecule has 0 bridgehead atoms. The second kappa shape index (κ2) is 21.1. The smallest absolute Gasteiger partial charge is 0.259 e. The number of benzene rings is 5. The van der Waals surface area contributed by atoms with E-state index >= 15 is 0 Å². The third kappa shape index (κ3) is 11.4. The lowest BCUT2D eigenvalue weighted by atomic mass is 9.77. The van der Waals surface area contributed by atoms with E-state index in [-0.39, 0.29) is 5.91 Å². The first-order chi connectivity index (χ1) is 29.6. The number of nitrogens with one attached hydrogen (secondary N) is 1. The molecule has 1 amide bonds. The Balaban J connectivity index is 0.000000157. The van der Waals surface area contributed by atoms with Crippen molar-refractivity contribution >= 4 is 46.4 Å². The molecule has 306 valence electrons. The molecule has 0 saturated heterocycles. The number of hydrogen-bond donors (Lipinski definition) is 2. The molecule has 10 nitrogen and oxygen atoms in total. The first-order valence-corrected chi connectivity index (χ1v) is 20.2. The predicted octanol–water partition coefficient (Wildman–Crippen LogP) is 10.9. The number of para-hydroxylation sites is 1. The van der Waals surface area contributed by atoms with Gasteiger partial charge >= 0.3 is 0 Å². The highest BCUT2D eigenvalue weighted by Crippen LogP contribution is 2.40. The SMILES string of the molecule is Cc1occc1C(=O)Nc1ccccc1.N#CC(CCc1ccc(Cl)cc1)(Cn1cncn1)c1ccccc1.OC(c1ccc(Cl)cc1)(c1cncnc1)c1ccccc1Cl. The number of carbonyl (C=O) groups is 1. The zero-order valence-corrected chi connectivity index (χ0v) is 35.2. The number of furan rings is 1. The van der Waals surface area contributed by atoms with E-state index in [1.165, 1.54) is 18.9 Å². The van der Waals surface area contributed by atoms with Gasteiger partial charge in [-0.3, -0.25) is 9.48 Å². The number of halogens is 3. The highest BCUT2D eigenvalue weighted by Gasteiger charge is 2.36. The molecular formula is C48H40Cl3N7O3. The quantitative estimate of drug-likeness (QED) is 0.131. The number of hydrogen-bond acceptors (Lipinski definition) is 8. The average Bonchev–Trinajstić information content (AvgIpc) is 3.99. The summed E-state index contributed by atoms with van der Waals surface area (Å²) in [5.41, 5.74) is 3.13. The Bertz CT molecular complexity index is 2620. The molecule has 0 aliphatic heterocycles. The molecule has 0 spiro atoms. The average molecular weight is 869 g/mol. The van der Waals surface area contributed by atoms with E-state index in [0.717, 1.165) is 28.3 Å². The topological polar surface area (TPSA) is 143 Å². The van der Waals surface area contributed by atoms with E-state index in [1.54, 1.807) is 72.8 Å². The number of aromatic nitrogens is 5. The van der Waals surface area contributed by atoms with E-state index in [4.69, 9.17) is 39.2 Å². The van der Waals surface area contributed by atoms with E-state index in [0.29, 0.717) is 51.0 Å². The van der Waals surface area contributed by atoms with Crippen molar-refractivity contribution in [1.82, 2.24) is 24.7 Å². The summed E-state index contributed by atoms with van der Waals surface area (Å²) in [6.45, 7) is 2.24. The molecule has 5 aromatic carbocycles. The van der Waals surface area contributed by atoms with Crippen LogP contribution in [0.2, 0.25) is 15.1 Å². The number of rotatable bonds is 11. The van der Waals surface area contributed by atoms with Crippen molar-refractivity contribution < 1.29 is 14.3 Å². The fourth-order valence-corrected chi connectivity index (χ4v) is 7.10. The van der Waals surface area contributed by atoms with Crippen LogP contribution < -0.4 is 5.32 Å². The van der Waals surface area contributed by atoms with Crippen LogP contribution in [0.1, 0.15) is 50.4 Å². The highest BCUT2D eigenvalue weighted by molar-refractivity contribution is 6.31. The number of nitrogens with zero attached hydrogens (tertiary/aromatic N) is 6. The second-order valence-electron chi connectivity index (χ2n) is 13.8. The molecule has 0 fully saturated rings. The molecule has 13 heteroatoms. The minimum absolute atomic E-state index is 0.146. The lowest BCUT2D eigenvalue weighted by molar-refractivity contribution is 0.102. The molecule has 3 aromatic heterocycles. The molecule has 2 N–H and O–H groups in total. The lowest BCUT2D eigenvalue weighted by Crippen LogP contribution is -2.31. The molecule has 0 saturated carbocycles. The number of aliphatic hydroxyl groups is 1. The largest absolute Gasteiger partial charge is 0.469 e. The first-order valence-electron chi connectivity index (χ1n) is 19.0. The van der Waals surface area contributed by atoms with Gasteiger partial charge in [0.25, 0.3) is 5.91 Å². The van der Waals surface area contributed by atoms with Gasteiger partial charge in [0.2, 0.25) is 0 Å². The van der Waals surface area contributed by atoms with Crippen LogP contribution in [0.4, 0.5) is 5.69 Å². The summed E-state index contributed by atoms with van der Waals surface area (Å²) in [7, 11) is 0. The summed E-state index contributed by atoms with van der Waals surface area (Å²) in [6, 6.07) is 45.3. The van der Waals surface area contributed by atoms with Crippen LogP contribution in [0.3, 0.4) is 0 Å². The van der Waals surface area contributed by atoms with Crippen molar-refractivity contribution in [3.8, 4) is 6.07 Å². The van der Waals surface area contributed by atoms with Crippen molar-refractivity contribution in [3.63, 3.8) is 0 Å². The Morgan fingerprint density at radius 2 is 1.38 bits per heavy atom. The zero-order chi connectivity index (χ0) is 43.1. The van der Waals surface area contributed by atoms with E-state index in [9.17, 15) is 15.2 Å². The standard InChI is InChI=1S/C19H17ClN4.C17H12Cl2N2O.C12H11NO2/c20-18-8-6-16(7-9-18)10-11-19(12-21,13-24-15-22-14-23-24)17-4-2-1-3-5-17;18-14-7-5-12(6-8-14)17(22,13-9-20-11-21-10-13)15-3-1-2-4-16(15)19;1-9-11(7-8-15-9)12(14)13-10-5-3-2-4-6-10/h1-9,14-15H,10-11,13H2;1-11,22H;2-8H,1H3,(H,13,14). The van der Waals surface area contributed by atoms with E-state index in [1.807, 2.05) is 97.1 Å². The van der Waals surface area contributed by atoms with E-state index in [2.05, 4.69) is 31.4 Å². The number of aryl methyl sites for hydroxylation is 2. The Labute approximate surface area is 369 Å². The maximum Gasteiger partial charge on any atom is 0.259 e. The molecule has 61 heavy (non-hydrogen) atoms. The Morgan fingerprint density at radius 3 is 1.97 bits per heavy atom. The van der Waals surface area contributed by atoms with Crippen LogP contribution in [-0.4, -0.2) is 35.7 Å². The Kier molecular flexibility index (Phi) is 15.2. The zero-order valence-electron chi connectivity index (χ0n) is 32.9. The van der Waals surface area contributed by atoms with Crippen molar-refractivity contribution in [1.29, 1.82) is 5.26 Å². The molecule has 2 atom stereocenters. The summed E-state index contributed by atoms with van der Waals surface area (Å²) in [4.78, 5) is 23.7. The van der Waals surface area contributed by atoms with Gasteiger partial charge in [-0.25, -0.2) is 15.0 Å². The van der Waals surface area contributed by atoms with Gasteiger partial charge < -0.3 is 14.8 Å². The summed E-state index contributed by atoms with van der Waals surface area (Å²) in [5, 5.41) is 30.2. The number of carbonyl (C=O) groups excluding carboxylic acids is 1. The van der Waals surface area contributed by atoms with Gasteiger partial charge in [-0.05, 0) is 85.0 Å². The monoisotopic (exact) mass is 867 g/mol. The van der Waals surface area contributed by atoms with Gasteiger partial charge in [0.05, 0.1) is 24.4 Å². The van der Waals surface area contributed by atoms with Crippen LogP contribution in [0.25, 0.3) is 0 Å². The minimum Gasteiger partial charge on any atom is -0.469 e. The van der Waals surface area contributed by atoms with Crippen molar-refractivity contribution in [3.05, 3.63) is 231 Å². The minimum atomic E-state index is -1.45. The number of amides is 1. The van der Waals surface area contributed by atoms with Crippen LogP contribution in [0, 0.1) is 18.3 Å². The molecule has 0 aliphatic rings. The van der Waals surface area contributed by atoms with Crippen molar-refractivity contribution in [2.24, 2.45) is 0 Å². The Morgan fingerprint density at radius 1 is 0.754 bits per heavy atom. The molecule has 2 unspecified atom stereocenters. The van der Waals surface area contributed by atoms with Gasteiger partial charge in [-0.15, -0.1) is 0 Å². The lowest BCUT2D eigenvalue weighted by Gasteiger charge is -2.30. The van der Waals surface area contributed by atoms with Crippen LogP contribution >= 0.6 is 34.8 Å². The normalized spacial score (nSPS) is 12.5. The third-order valence-electron chi connectivity index (χ3n) is 9.83. The molecule has 8 aromatic rings.